The van der Waals surface area contributed by atoms with Gasteiger partial charge in [-0.1, -0.05) is 329 Å². The molecule has 0 N–H and O–H groups in total. The maximum absolute atomic E-state index is 12.8. The first-order valence-corrected chi connectivity index (χ1v) is 31.5. The van der Waals surface area contributed by atoms with Gasteiger partial charge in [0.15, 0.2) is 6.10 Å². The Morgan fingerprint density at radius 3 is 0.580 bits per heavy atom. The van der Waals surface area contributed by atoms with Gasteiger partial charge in [0.05, 0.1) is 0 Å². The molecule has 0 rings (SSSR count). The van der Waals surface area contributed by atoms with E-state index >= 15 is 0 Å². The van der Waals surface area contributed by atoms with Gasteiger partial charge in [0.2, 0.25) is 0 Å². The Balaban J connectivity index is 3.94. The van der Waals surface area contributed by atoms with Crippen LogP contribution in [-0.2, 0) is 28.6 Å². The molecule has 0 aromatic carbocycles. The van der Waals surface area contributed by atoms with Crippen molar-refractivity contribution < 1.29 is 28.6 Å². The van der Waals surface area contributed by atoms with Crippen molar-refractivity contribution >= 4 is 17.9 Å². The lowest BCUT2D eigenvalue weighted by atomic mass is 10.0. The first-order chi connectivity index (χ1) is 34.0. The number of unbranched alkanes of at least 4 members (excludes halogenated alkanes) is 48. The quantitative estimate of drug-likeness (QED) is 0.0343. The Kier molecular flexibility index (Phi) is 57.6. The van der Waals surface area contributed by atoms with Gasteiger partial charge in [0.25, 0.3) is 0 Å². The number of esters is 3. The van der Waals surface area contributed by atoms with E-state index in [1.807, 2.05) is 0 Å². The predicted octanol–water partition coefficient (Wildman–Crippen LogP) is 21.1. The van der Waals surface area contributed by atoms with Gasteiger partial charge in [-0.05, 0) is 19.3 Å². The highest BCUT2D eigenvalue weighted by Gasteiger charge is 2.19. The molecule has 0 saturated heterocycles. The van der Waals surface area contributed by atoms with Crippen molar-refractivity contribution in [1.82, 2.24) is 0 Å². The minimum atomic E-state index is -0.760. The summed E-state index contributed by atoms with van der Waals surface area (Å²) in [6.07, 6.45) is 67.4. The summed E-state index contributed by atoms with van der Waals surface area (Å²) >= 11 is 0. The molecule has 69 heavy (non-hydrogen) atoms. The summed E-state index contributed by atoms with van der Waals surface area (Å²) < 4.78 is 16.8. The highest BCUT2D eigenvalue weighted by Crippen LogP contribution is 2.19. The van der Waals surface area contributed by atoms with Crippen LogP contribution in [0.5, 0.6) is 0 Å². The van der Waals surface area contributed by atoms with Crippen LogP contribution in [0.2, 0.25) is 0 Å². The van der Waals surface area contributed by atoms with E-state index in [1.54, 1.807) is 0 Å². The number of hydrogen-bond acceptors (Lipinski definition) is 6. The zero-order valence-corrected chi connectivity index (χ0v) is 47.1. The lowest BCUT2D eigenvalue weighted by Crippen LogP contribution is -2.30. The average Bonchev–Trinajstić information content (AvgIpc) is 3.35. The SMILES string of the molecule is CCCCCCCCCCCCCCCCCCCCCCCCCCCCCC(=O)OCC(COC(=O)CCCCCCC)OC(=O)CCCCCCCCCCCCCCCCCCCCC. The predicted molar refractivity (Wildman–Crippen MR) is 298 cm³/mol. The minimum absolute atomic E-state index is 0.0624. The Labute approximate surface area is 431 Å². The van der Waals surface area contributed by atoms with Crippen LogP contribution in [0, 0.1) is 0 Å². The Morgan fingerprint density at radius 2 is 0.391 bits per heavy atom. The molecular weight excluding hydrogens is 853 g/mol. The van der Waals surface area contributed by atoms with E-state index in [0.717, 1.165) is 64.2 Å². The van der Waals surface area contributed by atoms with Crippen molar-refractivity contribution in [2.45, 2.75) is 374 Å². The van der Waals surface area contributed by atoms with Crippen LogP contribution in [-0.4, -0.2) is 37.2 Å². The molecule has 0 aliphatic rings. The molecule has 6 nitrogen and oxygen atoms in total. The zero-order chi connectivity index (χ0) is 50.0. The number of rotatable bonds is 59. The molecule has 0 bridgehead atoms. The van der Waals surface area contributed by atoms with Crippen molar-refractivity contribution in [2.75, 3.05) is 13.2 Å². The van der Waals surface area contributed by atoms with Crippen molar-refractivity contribution in [3.05, 3.63) is 0 Å². The van der Waals surface area contributed by atoms with Crippen LogP contribution >= 0.6 is 0 Å². The van der Waals surface area contributed by atoms with Gasteiger partial charge < -0.3 is 14.2 Å². The molecule has 0 spiro atoms. The summed E-state index contributed by atoms with van der Waals surface area (Å²) in [5, 5.41) is 0. The molecule has 0 aliphatic heterocycles. The van der Waals surface area contributed by atoms with Gasteiger partial charge in [-0.15, -0.1) is 0 Å². The highest BCUT2D eigenvalue weighted by atomic mass is 16.6. The topological polar surface area (TPSA) is 78.9 Å². The maximum atomic E-state index is 12.8. The molecule has 0 heterocycles. The summed E-state index contributed by atoms with van der Waals surface area (Å²) in [7, 11) is 0. The van der Waals surface area contributed by atoms with Gasteiger partial charge in [-0.3, -0.25) is 14.4 Å². The molecule has 0 saturated carbocycles. The summed E-state index contributed by atoms with van der Waals surface area (Å²) in [5.74, 6) is -0.848. The zero-order valence-electron chi connectivity index (χ0n) is 47.1. The normalized spacial score (nSPS) is 11.9. The molecule has 0 fully saturated rings. The highest BCUT2D eigenvalue weighted by molar-refractivity contribution is 5.71. The molecule has 6 heteroatoms. The van der Waals surface area contributed by atoms with Gasteiger partial charge in [0.1, 0.15) is 13.2 Å². The molecule has 0 radical (unpaired) electrons. The fourth-order valence-corrected chi connectivity index (χ4v) is 9.86. The Hall–Kier alpha value is -1.59. The van der Waals surface area contributed by atoms with Crippen molar-refractivity contribution in [1.29, 1.82) is 0 Å². The molecule has 0 aromatic rings. The number of carbonyl (C=O) groups is 3. The van der Waals surface area contributed by atoms with E-state index in [0.29, 0.717) is 19.3 Å². The third-order valence-electron chi connectivity index (χ3n) is 14.6. The largest absolute Gasteiger partial charge is 0.462 e. The summed E-state index contributed by atoms with van der Waals surface area (Å²) in [5.41, 5.74) is 0. The molecule has 1 unspecified atom stereocenters. The van der Waals surface area contributed by atoms with Gasteiger partial charge in [-0.2, -0.15) is 0 Å². The summed E-state index contributed by atoms with van der Waals surface area (Å²) in [4.78, 5) is 37.9. The van der Waals surface area contributed by atoms with E-state index in [-0.39, 0.29) is 31.1 Å². The van der Waals surface area contributed by atoms with Crippen LogP contribution in [0.3, 0.4) is 0 Å². The Bertz CT molecular complexity index is 1030. The summed E-state index contributed by atoms with van der Waals surface area (Å²) in [6, 6.07) is 0. The average molecular weight is 976 g/mol. The standard InChI is InChI=1S/C63H122O6/c1-4-7-10-13-15-17-19-21-23-25-27-28-29-30-31-32-33-34-36-37-39-41-43-45-47-50-53-56-62(65)68-59-60(58-67-61(64)55-52-49-12-9-6-3)69-63(66)57-54-51-48-46-44-42-40-38-35-26-24-22-20-18-16-14-11-8-5-2/h60H,4-59H2,1-3H3. The Morgan fingerprint density at radius 1 is 0.232 bits per heavy atom. The monoisotopic (exact) mass is 975 g/mol. The van der Waals surface area contributed by atoms with Gasteiger partial charge in [-0.25, -0.2) is 0 Å². The van der Waals surface area contributed by atoms with Crippen LogP contribution in [0.4, 0.5) is 0 Å². The van der Waals surface area contributed by atoms with Crippen LogP contribution in [0.25, 0.3) is 0 Å². The van der Waals surface area contributed by atoms with Crippen molar-refractivity contribution in [2.24, 2.45) is 0 Å². The molecule has 0 aliphatic carbocycles. The van der Waals surface area contributed by atoms with E-state index < -0.39 is 6.10 Å². The summed E-state index contributed by atoms with van der Waals surface area (Å²) in [6.45, 7) is 6.63. The van der Waals surface area contributed by atoms with E-state index in [2.05, 4.69) is 20.8 Å². The van der Waals surface area contributed by atoms with Crippen molar-refractivity contribution in [3.63, 3.8) is 0 Å². The fraction of sp³-hybridized carbons (Fsp3) is 0.952. The second-order valence-electron chi connectivity index (χ2n) is 21.7. The smallest absolute Gasteiger partial charge is 0.306 e. The first kappa shape index (κ1) is 67.4. The molecule has 0 aromatic heterocycles. The number of ether oxygens (including phenoxy) is 3. The number of carbonyl (C=O) groups excluding carboxylic acids is 3. The third-order valence-corrected chi connectivity index (χ3v) is 14.6. The maximum Gasteiger partial charge on any atom is 0.306 e. The van der Waals surface area contributed by atoms with Crippen LogP contribution in [0.1, 0.15) is 367 Å². The van der Waals surface area contributed by atoms with E-state index in [1.165, 1.54) is 263 Å². The van der Waals surface area contributed by atoms with E-state index in [9.17, 15) is 14.4 Å². The lowest BCUT2D eigenvalue weighted by molar-refractivity contribution is -0.167. The molecular formula is C63H122O6. The van der Waals surface area contributed by atoms with E-state index in [4.69, 9.17) is 14.2 Å². The lowest BCUT2D eigenvalue weighted by Gasteiger charge is -2.18. The third kappa shape index (κ3) is 57.2. The molecule has 410 valence electrons. The van der Waals surface area contributed by atoms with Crippen molar-refractivity contribution in [3.8, 4) is 0 Å². The minimum Gasteiger partial charge on any atom is -0.462 e. The van der Waals surface area contributed by atoms with Crippen LogP contribution < -0.4 is 0 Å². The first-order valence-electron chi connectivity index (χ1n) is 31.5. The van der Waals surface area contributed by atoms with Gasteiger partial charge >= 0.3 is 17.9 Å². The second-order valence-corrected chi connectivity index (χ2v) is 21.7. The molecule has 1 atom stereocenters. The van der Waals surface area contributed by atoms with Gasteiger partial charge in [0, 0.05) is 19.3 Å². The molecule has 0 amide bonds. The fourth-order valence-electron chi connectivity index (χ4n) is 9.86. The number of hydrogen-bond donors (Lipinski definition) is 0. The van der Waals surface area contributed by atoms with Crippen LogP contribution in [0.15, 0.2) is 0 Å². The second kappa shape index (κ2) is 59.0.